The first-order valence-electron chi connectivity index (χ1n) is 8.41. The van der Waals surface area contributed by atoms with Crippen LogP contribution in [-0.2, 0) is 0 Å². The van der Waals surface area contributed by atoms with Crippen molar-refractivity contribution in [2.24, 2.45) is 23.2 Å². The molecule has 0 saturated heterocycles. The molecular weight excluding hydrogens is 218 g/mol. The summed E-state index contributed by atoms with van der Waals surface area (Å²) in [7, 11) is 0. The maximum Gasteiger partial charge on any atom is 0.00699 e. The standard InChI is InChI=1S/C17H31N/c1-13(2)10-14-4-3-5-16(11-14)18-12-17(8-9-17)15-6-7-15/h13-16,18H,3-12H2,1-2H3. The third-order valence-corrected chi connectivity index (χ3v) is 5.67. The van der Waals surface area contributed by atoms with Crippen molar-refractivity contribution < 1.29 is 0 Å². The zero-order chi connectivity index (χ0) is 12.6. The Morgan fingerprint density at radius 2 is 1.89 bits per heavy atom. The van der Waals surface area contributed by atoms with Crippen LogP contribution < -0.4 is 5.32 Å². The summed E-state index contributed by atoms with van der Waals surface area (Å²) >= 11 is 0. The molecule has 104 valence electrons. The maximum absolute atomic E-state index is 3.95. The van der Waals surface area contributed by atoms with Gasteiger partial charge >= 0.3 is 0 Å². The van der Waals surface area contributed by atoms with E-state index in [9.17, 15) is 0 Å². The predicted molar refractivity (Wildman–Crippen MR) is 77.6 cm³/mol. The van der Waals surface area contributed by atoms with Crippen molar-refractivity contribution in [2.75, 3.05) is 6.54 Å². The summed E-state index contributed by atoms with van der Waals surface area (Å²) in [6.45, 7) is 6.10. The average Bonchev–Trinajstić information content (AvgIpc) is 3.18. The van der Waals surface area contributed by atoms with Crippen molar-refractivity contribution in [3.05, 3.63) is 0 Å². The largest absolute Gasteiger partial charge is 0.313 e. The maximum atomic E-state index is 3.95. The molecule has 0 aromatic rings. The van der Waals surface area contributed by atoms with Crippen molar-refractivity contribution in [2.45, 2.75) is 77.7 Å². The van der Waals surface area contributed by atoms with Crippen LogP contribution in [0.25, 0.3) is 0 Å². The average molecular weight is 249 g/mol. The molecule has 1 nitrogen and oxygen atoms in total. The third kappa shape index (κ3) is 3.10. The van der Waals surface area contributed by atoms with Gasteiger partial charge in [0, 0.05) is 12.6 Å². The van der Waals surface area contributed by atoms with Gasteiger partial charge in [-0.25, -0.2) is 0 Å². The summed E-state index contributed by atoms with van der Waals surface area (Å²) in [5, 5.41) is 3.95. The quantitative estimate of drug-likeness (QED) is 0.737. The Labute approximate surface area is 113 Å². The van der Waals surface area contributed by atoms with Crippen LogP contribution >= 0.6 is 0 Å². The molecule has 0 aromatic carbocycles. The fourth-order valence-electron chi connectivity index (χ4n) is 4.29. The lowest BCUT2D eigenvalue weighted by Crippen LogP contribution is -2.38. The molecule has 0 heterocycles. The number of nitrogens with one attached hydrogen (secondary N) is 1. The lowest BCUT2D eigenvalue weighted by molar-refractivity contribution is 0.239. The first-order chi connectivity index (χ1) is 8.68. The fourth-order valence-corrected chi connectivity index (χ4v) is 4.29. The van der Waals surface area contributed by atoms with E-state index >= 15 is 0 Å². The minimum atomic E-state index is 0.783. The van der Waals surface area contributed by atoms with Gasteiger partial charge < -0.3 is 5.32 Å². The van der Waals surface area contributed by atoms with Gasteiger partial charge in [-0.05, 0) is 68.1 Å². The molecule has 18 heavy (non-hydrogen) atoms. The molecule has 3 aliphatic carbocycles. The molecule has 1 heteroatoms. The van der Waals surface area contributed by atoms with Crippen molar-refractivity contribution in [1.82, 2.24) is 5.32 Å². The van der Waals surface area contributed by atoms with Crippen molar-refractivity contribution in [3.63, 3.8) is 0 Å². The van der Waals surface area contributed by atoms with Crippen LogP contribution in [0.1, 0.15) is 71.6 Å². The van der Waals surface area contributed by atoms with E-state index in [2.05, 4.69) is 19.2 Å². The van der Waals surface area contributed by atoms with Gasteiger partial charge in [0.1, 0.15) is 0 Å². The van der Waals surface area contributed by atoms with E-state index in [1.807, 2.05) is 0 Å². The topological polar surface area (TPSA) is 12.0 Å². The molecule has 0 radical (unpaired) electrons. The Hall–Kier alpha value is -0.0400. The van der Waals surface area contributed by atoms with Gasteiger partial charge in [0.15, 0.2) is 0 Å². The Kier molecular flexibility index (Phi) is 3.71. The van der Waals surface area contributed by atoms with Crippen LogP contribution in [0.4, 0.5) is 0 Å². The van der Waals surface area contributed by atoms with Crippen molar-refractivity contribution in [1.29, 1.82) is 0 Å². The zero-order valence-corrected chi connectivity index (χ0v) is 12.4. The molecular formula is C17H31N. The molecule has 3 aliphatic rings. The highest BCUT2D eigenvalue weighted by Crippen LogP contribution is 2.60. The Morgan fingerprint density at radius 1 is 1.11 bits per heavy atom. The van der Waals surface area contributed by atoms with E-state index in [1.165, 1.54) is 64.3 Å². The summed E-state index contributed by atoms with van der Waals surface area (Å²) in [6, 6.07) is 0.846. The molecule has 3 fully saturated rings. The molecule has 2 unspecified atom stereocenters. The summed E-state index contributed by atoms with van der Waals surface area (Å²) in [4.78, 5) is 0. The molecule has 1 N–H and O–H groups in total. The lowest BCUT2D eigenvalue weighted by Gasteiger charge is -2.32. The highest BCUT2D eigenvalue weighted by molar-refractivity contribution is 5.05. The van der Waals surface area contributed by atoms with E-state index in [4.69, 9.17) is 0 Å². The minimum absolute atomic E-state index is 0.783. The van der Waals surface area contributed by atoms with E-state index in [0.717, 1.165) is 29.2 Å². The third-order valence-electron chi connectivity index (χ3n) is 5.67. The van der Waals surface area contributed by atoms with Gasteiger partial charge in [0.25, 0.3) is 0 Å². The van der Waals surface area contributed by atoms with E-state index < -0.39 is 0 Å². The van der Waals surface area contributed by atoms with Gasteiger partial charge in [-0.2, -0.15) is 0 Å². The molecule has 2 atom stereocenters. The van der Waals surface area contributed by atoms with Gasteiger partial charge in [0.05, 0.1) is 0 Å². The first kappa shape index (κ1) is 13.0. The second-order valence-corrected chi connectivity index (χ2v) is 7.88. The Bertz CT molecular complexity index is 275. The second kappa shape index (κ2) is 5.15. The summed E-state index contributed by atoms with van der Waals surface area (Å²) < 4.78 is 0. The highest BCUT2D eigenvalue weighted by Gasteiger charge is 2.53. The van der Waals surface area contributed by atoms with Crippen LogP contribution in [0.15, 0.2) is 0 Å². The normalized spacial score (nSPS) is 34.8. The molecule has 0 spiro atoms. The molecule has 0 aliphatic heterocycles. The molecule has 0 bridgehead atoms. The fraction of sp³-hybridized carbons (Fsp3) is 1.00. The minimum Gasteiger partial charge on any atom is -0.313 e. The monoisotopic (exact) mass is 249 g/mol. The molecule has 0 aromatic heterocycles. The van der Waals surface area contributed by atoms with Crippen LogP contribution in [-0.4, -0.2) is 12.6 Å². The van der Waals surface area contributed by atoms with Gasteiger partial charge in [-0.1, -0.05) is 26.7 Å². The predicted octanol–water partition coefficient (Wildman–Crippen LogP) is 4.37. The SMILES string of the molecule is CC(C)CC1CCCC(NCC2(C3CC3)CC2)C1. The van der Waals surface area contributed by atoms with Crippen LogP contribution in [0.3, 0.4) is 0 Å². The number of hydrogen-bond donors (Lipinski definition) is 1. The smallest absolute Gasteiger partial charge is 0.00699 e. The van der Waals surface area contributed by atoms with Crippen molar-refractivity contribution >= 4 is 0 Å². The Balaban J connectivity index is 1.42. The van der Waals surface area contributed by atoms with Crippen LogP contribution in [0.5, 0.6) is 0 Å². The van der Waals surface area contributed by atoms with Gasteiger partial charge in [-0.15, -0.1) is 0 Å². The van der Waals surface area contributed by atoms with Gasteiger partial charge in [0.2, 0.25) is 0 Å². The van der Waals surface area contributed by atoms with Crippen molar-refractivity contribution in [3.8, 4) is 0 Å². The van der Waals surface area contributed by atoms with Gasteiger partial charge in [-0.3, -0.25) is 0 Å². The van der Waals surface area contributed by atoms with E-state index in [1.54, 1.807) is 0 Å². The number of hydrogen-bond acceptors (Lipinski definition) is 1. The van der Waals surface area contributed by atoms with Crippen LogP contribution in [0.2, 0.25) is 0 Å². The first-order valence-corrected chi connectivity index (χ1v) is 8.41. The highest BCUT2D eigenvalue weighted by atomic mass is 14.9. The lowest BCUT2D eigenvalue weighted by atomic mass is 9.81. The van der Waals surface area contributed by atoms with Crippen LogP contribution in [0, 0.1) is 23.2 Å². The second-order valence-electron chi connectivity index (χ2n) is 7.88. The zero-order valence-electron chi connectivity index (χ0n) is 12.4. The summed E-state index contributed by atoms with van der Waals surface area (Å²) in [6.07, 6.45) is 13.4. The molecule has 3 saturated carbocycles. The van der Waals surface area contributed by atoms with E-state index in [0.29, 0.717) is 0 Å². The molecule has 0 amide bonds. The summed E-state index contributed by atoms with van der Waals surface area (Å²) in [5.74, 6) is 3.00. The van der Waals surface area contributed by atoms with E-state index in [-0.39, 0.29) is 0 Å². The Morgan fingerprint density at radius 3 is 2.50 bits per heavy atom. The molecule has 3 rings (SSSR count). The number of rotatable bonds is 6. The summed E-state index contributed by atoms with van der Waals surface area (Å²) in [5.41, 5.74) is 0.783.